The van der Waals surface area contributed by atoms with E-state index < -0.39 is 0 Å². The quantitative estimate of drug-likeness (QED) is 0.562. The van der Waals surface area contributed by atoms with Crippen molar-refractivity contribution in [3.8, 4) is 0 Å². The van der Waals surface area contributed by atoms with Crippen molar-refractivity contribution in [1.82, 2.24) is 33.9 Å². The first-order valence-electron chi connectivity index (χ1n) is 7.82. The Morgan fingerprint density at radius 2 is 2.08 bits per heavy atom. The molecule has 0 atom stereocenters. The molecular weight excluding hydrogens is 338 g/mol. The maximum Gasteiger partial charge on any atom is 0.293 e. The molecule has 0 aliphatic heterocycles. The van der Waals surface area contributed by atoms with Crippen LogP contribution in [0.3, 0.4) is 0 Å². The second kappa shape index (κ2) is 5.62. The first kappa shape index (κ1) is 15.7. The summed E-state index contributed by atoms with van der Waals surface area (Å²) in [6, 6.07) is 1.82. The number of carbonyl (C=O) groups is 1. The second-order valence-electron chi connectivity index (χ2n) is 6.03. The molecule has 8 nitrogen and oxygen atoms in total. The maximum absolute atomic E-state index is 12.7. The number of rotatable bonds is 3. The lowest BCUT2D eigenvalue weighted by atomic mass is 10.3. The van der Waals surface area contributed by atoms with Gasteiger partial charge in [0.1, 0.15) is 0 Å². The van der Waals surface area contributed by atoms with Gasteiger partial charge in [-0.3, -0.25) is 9.20 Å². The van der Waals surface area contributed by atoms with Crippen molar-refractivity contribution < 1.29 is 4.79 Å². The molecule has 0 aliphatic carbocycles. The van der Waals surface area contributed by atoms with E-state index in [0.29, 0.717) is 12.3 Å². The first-order chi connectivity index (χ1) is 11.9. The van der Waals surface area contributed by atoms with Crippen LogP contribution in [-0.2, 0) is 6.54 Å². The van der Waals surface area contributed by atoms with Crippen molar-refractivity contribution >= 4 is 28.0 Å². The number of nitrogens with zero attached hydrogens (tertiary/aromatic N) is 7. The molecule has 9 heteroatoms. The fraction of sp³-hybridized carbons (Fsp3) is 0.312. The third-order valence-electron chi connectivity index (χ3n) is 4.10. The Morgan fingerprint density at radius 3 is 2.84 bits per heavy atom. The lowest BCUT2D eigenvalue weighted by Crippen LogP contribution is -2.28. The highest BCUT2D eigenvalue weighted by atomic mass is 32.1. The van der Waals surface area contributed by atoms with Crippen LogP contribution in [0.1, 0.15) is 32.6 Å². The van der Waals surface area contributed by atoms with Crippen LogP contribution in [0, 0.1) is 20.8 Å². The van der Waals surface area contributed by atoms with Crippen molar-refractivity contribution in [1.29, 1.82) is 0 Å². The van der Waals surface area contributed by atoms with E-state index in [-0.39, 0.29) is 11.7 Å². The number of aryl methyl sites for hydroxylation is 3. The van der Waals surface area contributed by atoms with Gasteiger partial charge in [-0.25, -0.2) is 14.5 Å². The van der Waals surface area contributed by atoms with Crippen LogP contribution < -0.4 is 0 Å². The lowest BCUT2D eigenvalue weighted by molar-refractivity contribution is 0.0771. The Bertz CT molecular complexity index is 1110. The Kier molecular flexibility index (Phi) is 3.53. The number of hydrogen-bond donors (Lipinski definition) is 0. The van der Waals surface area contributed by atoms with Gasteiger partial charge in [-0.2, -0.15) is 4.98 Å². The van der Waals surface area contributed by atoms with Crippen LogP contribution in [0.25, 0.3) is 10.7 Å². The smallest absolute Gasteiger partial charge is 0.293 e. The molecule has 0 N–H and O–H groups in total. The molecule has 0 saturated heterocycles. The highest BCUT2D eigenvalue weighted by Gasteiger charge is 2.21. The lowest BCUT2D eigenvalue weighted by Gasteiger charge is -2.15. The Balaban J connectivity index is 1.65. The Labute approximate surface area is 147 Å². The van der Waals surface area contributed by atoms with Gasteiger partial charge in [0.05, 0.1) is 17.9 Å². The largest absolute Gasteiger partial charge is 0.333 e. The third-order valence-corrected chi connectivity index (χ3v) is 4.99. The minimum absolute atomic E-state index is 0.143. The average molecular weight is 355 g/mol. The van der Waals surface area contributed by atoms with Crippen molar-refractivity contribution in [2.24, 2.45) is 0 Å². The Hall–Kier alpha value is -2.81. The van der Waals surface area contributed by atoms with E-state index >= 15 is 0 Å². The normalized spacial score (nSPS) is 11.5. The number of fused-ring (bicyclic) bond motifs is 2. The van der Waals surface area contributed by atoms with E-state index in [2.05, 4.69) is 20.1 Å². The zero-order valence-corrected chi connectivity index (χ0v) is 15.2. The van der Waals surface area contributed by atoms with Crippen molar-refractivity contribution in [3.05, 3.63) is 46.2 Å². The van der Waals surface area contributed by atoms with Gasteiger partial charge >= 0.3 is 0 Å². The number of aromatic nitrogens is 6. The van der Waals surface area contributed by atoms with Crippen molar-refractivity contribution in [2.75, 3.05) is 7.05 Å². The zero-order valence-electron chi connectivity index (χ0n) is 14.4. The van der Waals surface area contributed by atoms with Gasteiger partial charge in [0.2, 0.25) is 5.82 Å². The van der Waals surface area contributed by atoms with Gasteiger partial charge in [0.25, 0.3) is 11.7 Å². The monoisotopic (exact) mass is 355 g/mol. The second-order valence-corrected chi connectivity index (χ2v) is 7.25. The minimum atomic E-state index is -0.244. The van der Waals surface area contributed by atoms with Crippen molar-refractivity contribution in [3.63, 3.8) is 0 Å². The fourth-order valence-corrected chi connectivity index (χ4v) is 3.65. The fourth-order valence-electron chi connectivity index (χ4n) is 2.76. The van der Waals surface area contributed by atoms with E-state index in [1.54, 1.807) is 34.0 Å². The summed E-state index contributed by atoms with van der Waals surface area (Å²) in [5.41, 5.74) is 2.79. The zero-order chi connectivity index (χ0) is 17.7. The molecule has 0 fully saturated rings. The van der Waals surface area contributed by atoms with Gasteiger partial charge in [0, 0.05) is 30.0 Å². The standard InChI is InChI=1S/C16H17N7OS/c1-9-5-6-17-15-19-13(20-23(9)15)14(24)21(4)8-12-11(3)18-16-22(12)7-10(2)25-16/h5-7H,8H2,1-4H3. The molecule has 0 bridgehead atoms. The molecule has 0 radical (unpaired) electrons. The first-order valence-corrected chi connectivity index (χ1v) is 8.63. The molecule has 4 rings (SSSR count). The van der Waals surface area contributed by atoms with Crippen LogP contribution in [0.2, 0.25) is 0 Å². The van der Waals surface area contributed by atoms with Gasteiger partial charge < -0.3 is 4.90 Å². The summed E-state index contributed by atoms with van der Waals surface area (Å²) >= 11 is 1.64. The molecule has 0 aromatic carbocycles. The molecule has 0 spiro atoms. The van der Waals surface area contributed by atoms with Crippen molar-refractivity contribution in [2.45, 2.75) is 27.3 Å². The van der Waals surface area contributed by atoms with Gasteiger partial charge in [-0.05, 0) is 26.8 Å². The van der Waals surface area contributed by atoms with Crippen LogP contribution in [0.4, 0.5) is 0 Å². The molecule has 4 aromatic rings. The van der Waals surface area contributed by atoms with Crippen LogP contribution in [0.15, 0.2) is 18.5 Å². The molecule has 25 heavy (non-hydrogen) atoms. The predicted octanol–water partition coefficient (Wildman–Crippen LogP) is 2.03. The van der Waals surface area contributed by atoms with E-state index in [1.165, 1.54) is 4.88 Å². The number of hydrogen-bond acceptors (Lipinski definition) is 6. The number of carbonyl (C=O) groups excluding carboxylic acids is 1. The predicted molar refractivity (Wildman–Crippen MR) is 93.9 cm³/mol. The topological polar surface area (TPSA) is 80.7 Å². The average Bonchev–Trinajstić information content (AvgIpc) is 3.22. The van der Waals surface area contributed by atoms with E-state index in [4.69, 9.17) is 0 Å². The number of thiazole rings is 1. The molecule has 0 aliphatic rings. The molecular formula is C16H17N7OS. The summed E-state index contributed by atoms with van der Waals surface area (Å²) in [5.74, 6) is 0.323. The van der Waals surface area contributed by atoms with Gasteiger partial charge in [-0.15, -0.1) is 16.4 Å². The molecule has 0 unspecified atom stereocenters. The summed E-state index contributed by atoms with van der Waals surface area (Å²) in [6.07, 6.45) is 3.70. The SMILES string of the molecule is Cc1cn2c(CN(C)C(=O)c3nc4nccc(C)n4n3)c(C)nc2s1. The Morgan fingerprint density at radius 1 is 1.28 bits per heavy atom. The summed E-state index contributed by atoms with van der Waals surface area (Å²) in [6.45, 7) is 6.33. The number of amides is 1. The highest BCUT2D eigenvalue weighted by Crippen LogP contribution is 2.21. The van der Waals surface area contributed by atoms with Crippen LogP contribution in [-0.4, -0.2) is 46.8 Å². The van der Waals surface area contributed by atoms with Gasteiger partial charge in [-0.1, -0.05) is 0 Å². The van der Waals surface area contributed by atoms with Crippen LogP contribution >= 0.6 is 11.3 Å². The summed E-state index contributed by atoms with van der Waals surface area (Å²) in [4.78, 5) is 29.4. The molecule has 128 valence electrons. The number of imidazole rings is 1. The third kappa shape index (κ3) is 2.56. The van der Waals surface area contributed by atoms with Gasteiger partial charge in [0.15, 0.2) is 4.96 Å². The summed E-state index contributed by atoms with van der Waals surface area (Å²) in [7, 11) is 1.74. The minimum Gasteiger partial charge on any atom is -0.333 e. The molecule has 4 aromatic heterocycles. The molecule has 0 saturated carbocycles. The summed E-state index contributed by atoms with van der Waals surface area (Å²) in [5, 5.41) is 4.28. The van der Waals surface area contributed by atoms with E-state index in [0.717, 1.165) is 22.0 Å². The maximum atomic E-state index is 12.7. The van der Waals surface area contributed by atoms with E-state index in [9.17, 15) is 4.79 Å². The highest BCUT2D eigenvalue weighted by molar-refractivity contribution is 7.17. The van der Waals surface area contributed by atoms with E-state index in [1.807, 2.05) is 37.4 Å². The molecule has 1 amide bonds. The summed E-state index contributed by atoms with van der Waals surface area (Å²) < 4.78 is 3.62. The van der Waals surface area contributed by atoms with Crippen LogP contribution in [0.5, 0.6) is 0 Å². The molecule has 4 heterocycles.